The Bertz CT molecular complexity index is 255. The lowest BCUT2D eigenvalue weighted by Gasteiger charge is -2.37. The molecule has 80 valence electrons. The molecule has 0 unspecified atom stereocenters. The first-order valence-corrected chi connectivity index (χ1v) is 4.83. The lowest BCUT2D eigenvalue weighted by atomic mass is 9.95. The third-order valence-corrected chi connectivity index (χ3v) is 2.33. The highest BCUT2D eigenvalue weighted by Crippen LogP contribution is 2.18. The molecule has 14 heavy (non-hydrogen) atoms. The number of nitrogens with one attached hydrogen (secondary N) is 2. The Hall–Kier alpha value is -0.880. The highest BCUT2D eigenvalue weighted by molar-refractivity contribution is 7.80. The Morgan fingerprint density at radius 3 is 3.00 bits per heavy atom. The van der Waals surface area contributed by atoms with Crippen molar-refractivity contribution in [1.82, 2.24) is 10.6 Å². The summed E-state index contributed by atoms with van der Waals surface area (Å²) in [4.78, 5) is 11.4. The van der Waals surface area contributed by atoms with Gasteiger partial charge in [0.05, 0.1) is 6.61 Å². The maximum atomic E-state index is 11.4. The van der Waals surface area contributed by atoms with Crippen LogP contribution in [0.4, 0.5) is 0 Å². The van der Waals surface area contributed by atoms with Gasteiger partial charge in [0.1, 0.15) is 11.6 Å². The van der Waals surface area contributed by atoms with Gasteiger partial charge in [-0.05, 0) is 26.1 Å². The fourth-order valence-electron chi connectivity index (χ4n) is 1.31. The average molecular weight is 218 g/mol. The molecule has 0 aromatic carbocycles. The van der Waals surface area contributed by atoms with Crippen molar-refractivity contribution in [2.45, 2.75) is 19.6 Å². The maximum absolute atomic E-state index is 11.4. The summed E-state index contributed by atoms with van der Waals surface area (Å²) in [6, 6.07) is 0. The Balaban J connectivity index is 2.68. The number of aliphatic hydroxyl groups is 1. The van der Waals surface area contributed by atoms with E-state index in [0.717, 1.165) is 0 Å². The molecule has 0 spiro atoms. The van der Waals surface area contributed by atoms with Crippen molar-refractivity contribution in [1.29, 1.82) is 0 Å². The zero-order valence-electron chi connectivity index (χ0n) is 8.16. The van der Waals surface area contributed by atoms with Crippen molar-refractivity contribution in [2.75, 3.05) is 13.2 Å². The minimum Gasteiger partial charge on any atom is -0.466 e. The zero-order chi connectivity index (χ0) is 10.8. The Kier molecular flexibility index (Phi) is 3.28. The summed E-state index contributed by atoms with van der Waals surface area (Å²) >= 11 is 4.82. The summed E-state index contributed by atoms with van der Waals surface area (Å²) in [5.74, 6) is -1.07. The summed E-state index contributed by atoms with van der Waals surface area (Å²) in [6.07, 6.45) is 0. The number of rotatable bonds is 2. The van der Waals surface area contributed by atoms with Gasteiger partial charge in [-0.3, -0.25) is 4.79 Å². The van der Waals surface area contributed by atoms with Crippen molar-refractivity contribution in [3.8, 4) is 0 Å². The molecule has 1 saturated heterocycles. The molecule has 0 amide bonds. The topological polar surface area (TPSA) is 70.6 Å². The third-order valence-electron chi connectivity index (χ3n) is 2.08. The van der Waals surface area contributed by atoms with Crippen molar-refractivity contribution < 1.29 is 14.6 Å². The van der Waals surface area contributed by atoms with E-state index in [0.29, 0.717) is 11.7 Å². The predicted molar refractivity (Wildman–Crippen MR) is 54.5 cm³/mol. The number of hydrogen-bond acceptors (Lipinski definition) is 4. The minimum atomic E-state index is -1.34. The molecule has 1 rings (SSSR count). The Morgan fingerprint density at radius 1 is 1.86 bits per heavy atom. The number of esters is 1. The highest BCUT2D eigenvalue weighted by Gasteiger charge is 2.42. The Morgan fingerprint density at radius 2 is 2.50 bits per heavy atom. The van der Waals surface area contributed by atoms with E-state index < -0.39 is 17.6 Å². The molecular formula is C8H14N2O3S. The maximum Gasteiger partial charge on any atom is 0.315 e. The van der Waals surface area contributed by atoms with Crippen LogP contribution >= 0.6 is 12.2 Å². The van der Waals surface area contributed by atoms with E-state index in [1.807, 2.05) is 0 Å². The summed E-state index contributed by atoms with van der Waals surface area (Å²) in [5.41, 5.74) is -1.34. The molecule has 3 N–H and O–H groups in total. The second kappa shape index (κ2) is 4.10. The van der Waals surface area contributed by atoms with Crippen LogP contribution in [0.25, 0.3) is 0 Å². The largest absolute Gasteiger partial charge is 0.466 e. The second-order valence-corrected chi connectivity index (χ2v) is 3.70. The zero-order valence-corrected chi connectivity index (χ0v) is 8.98. The minimum absolute atomic E-state index is 0.289. The molecule has 5 nitrogen and oxygen atoms in total. The van der Waals surface area contributed by atoms with E-state index in [1.165, 1.54) is 6.92 Å². The lowest BCUT2D eigenvalue weighted by Crippen LogP contribution is -2.64. The van der Waals surface area contributed by atoms with Crippen LogP contribution in [0, 0.1) is 5.92 Å². The van der Waals surface area contributed by atoms with E-state index >= 15 is 0 Å². The van der Waals surface area contributed by atoms with Crippen LogP contribution in [-0.2, 0) is 9.53 Å². The molecule has 6 heteroatoms. The van der Waals surface area contributed by atoms with Gasteiger partial charge < -0.3 is 20.5 Å². The monoisotopic (exact) mass is 218 g/mol. The first-order valence-electron chi connectivity index (χ1n) is 4.42. The van der Waals surface area contributed by atoms with Crippen LogP contribution in [0.5, 0.6) is 0 Å². The first-order chi connectivity index (χ1) is 6.47. The van der Waals surface area contributed by atoms with Crippen LogP contribution < -0.4 is 10.6 Å². The van der Waals surface area contributed by atoms with Gasteiger partial charge in [0.2, 0.25) is 0 Å². The molecule has 0 aliphatic carbocycles. The number of ether oxygens (including phenoxy) is 1. The fourth-order valence-corrected chi connectivity index (χ4v) is 1.60. The quantitative estimate of drug-likeness (QED) is 0.423. The second-order valence-electron chi connectivity index (χ2n) is 3.29. The lowest BCUT2D eigenvalue weighted by molar-refractivity contribution is -0.158. The molecular weight excluding hydrogens is 204 g/mol. The van der Waals surface area contributed by atoms with E-state index in [9.17, 15) is 9.90 Å². The van der Waals surface area contributed by atoms with E-state index in [2.05, 4.69) is 10.6 Å². The van der Waals surface area contributed by atoms with Gasteiger partial charge >= 0.3 is 5.97 Å². The first kappa shape index (κ1) is 11.2. The van der Waals surface area contributed by atoms with Gasteiger partial charge in [-0.2, -0.15) is 0 Å². The normalized spacial score (nSPS) is 31.6. The molecule has 0 saturated carbocycles. The Labute approximate surface area is 87.8 Å². The SMILES string of the molecule is CCOC(=O)[C@@H]1CNC(=S)N[C@]1(C)O. The van der Waals surface area contributed by atoms with E-state index in [4.69, 9.17) is 17.0 Å². The molecule has 0 bridgehead atoms. The number of carbonyl (C=O) groups excluding carboxylic acids is 1. The summed E-state index contributed by atoms with van der Waals surface area (Å²) < 4.78 is 4.83. The van der Waals surface area contributed by atoms with Crippen LogP contribution in [0.2, 0.25) is 0 Å². The summed E-state index contributed by atoms with van der Waals surface area (Å²) in [6.45, 7) is 3.82. The summed E-state index contributed by atoms with van der Waals surface area (Å²) in [7, 11) is 0. The van der Waals surface area contributed by atoms with Gasteiger partial charge in [-0.1, -0.05) is 0 Å². The standard InChI is InChI=1S/C8H14N2O3S/c1-3-13-6(11)5-4-9-7(14)10-8(5,2)12/h5,12H,3-4H2,1-2H3,(H2,9,10,14)/t5-,8+/m0/s1. The van der Waals surface area contributed by atoms with Gasteiger partial charge in [-0.15, -0.1) is 0 Å². The van der Waals surface area contributed by atoms with Crippen molar-refractivity contribution in [3.63, 3.8) is 0 Å². The number of carbonyl (C=O) groups is 1. The number of hydrogen-bond donors (Lipinski definition) is 3. The van der Waals surface area contributed by atoms with Crippen molar-refractivity contribution in [2.24, 2.45) is 5.92 Å². The molecule has 1 aliphatic heterocycles. The van der Waals surface area contributed by atoms with Crippen molar-refractivity contribution in [3.05, 3.63) is 0 Å². The van der Waals surface area contributed by atoms with Gasteiger partial charge in [0, 0.05) is 6.54 Å². The van der Waals surface area contributed by atoms with E-state index in [-0.39, 0.29) is 6.54 Å². The summed E-state index contributed by atoms with van der Waals surface area (Å²) in [5, 5.41) is 15.6. The molecule has 1 fully saturated rings. The molecule has 1 aliphatic rings. The highest BCUT2D eigenvalue weighted by atomic mass is 32.1. The van der Waals surface area contributed by atoms with Crippen LogP contribution in [0.1, 0.15) is 13.8 Å². The number of thiocarbonyl (C=S) groups is 1. The molecule has 0 aromatic heterocycles. The predicted octanol–water partition coefficient (Wildman–Crippen LogP) is -0.648. The molecule has 1 heterocycles. The third kappa shape index (κ3) is 2.33. The smallest absolute Gasteiger partial charge is 0.315 e. The van der Waals surface area contributed by atoms with E-state index in [1.54, 1.807) is 6.92 Å². The van der Waals surface area contributed by atoms with Crippen LogP contribution in [0.3, 0.4) is 0 Å². The van der Waals surface area contributed by atoms with Gasteiger partial charge in [0.25, 0.3) is 0 Å². The molecule has 0 aromatic rings. The van der Waals surface area contributed by atoms with Crippen LogP contribution in [-0.4, -0.2) is 35.1 Å². The molecule has 2 atom stereocenters. The van der Waals surface area contributed by atoms with Gasteiger partial charge in [-0.25, -0.2) is 0 Å². The fraction of sp³-hybridized carbons (Fsp3) is 0.750. The van der Waals surface area contributed by atoms with Crippen molar-refractivity contribution >= 4 is 23.3 Å². The van der Waals surface area contributed by atoms with Crippen LogP contribution in [0.15, 0.2) is 0 Å². The average Bonchev–Trinajstić information content (AvgIpc) is 2.01. The molecule has 0 radical (unpaired) electrons. The van der Waals surface area contributed by atoms with Gasteiger partial charge in [0.15, 0.2) is 5.11 Å².